The monoisotopic (exact) mass is 371 g/mol. The number of carbonyl (C=O) groups excluding carboxylic acids is 1. The molecule has 0 radical (unpaired) electrons. The number of benzene rings is 1. The van der Waals surface area contributed by atoms with Crippen molar-refractivity contribution in [1.82, 2.24) is 14.8 Å². The fourth-order valence-corrected chi connectivity index (χ4v) is 3.03. The molecule has 0 saturated carbocycles. The first-order valence-electron chi connectivity index (χ1n) is 9.17. The molecule has 1 aromatic carbocycles. The molecule has 0 spiro atoms. The van der Waals surface area contributed by atoms with Crippen molar-refractivity contribution in [3.63, 3.8) is 0 Å². The number of nitrogens with one attached hydrogen (secondary N) is 1. The number of halogens is 1. The van der Waals surface area contributed by atoms with E-state index in [9.17, 15) is 9.18 Å². The Labute approximate surface area is 159 Å². The second kappa shape index (κ2) is 8.81. The minimum atomic E-state index is -0.238. The van der Waals surface area contributed by atoms with Gasteiger partial charge in [-0.3, -0.25) is 4.79 Å². The summed E-state index contributed by atoms with van der Waals surface area (Å²) in [5.41, 5.74) is 2.35. The molecule has 1 amide bonds. The second-order valence-corrected chi connectivity index (χ2v) is 6.92. The maximum Gasteiger partial charge on any atom is 0.272 e. The van der Waals surface area contributed by atoms with Crippen LogP contribution in [-0.4, -0.2) is 74.1 Å². The first-order chi connectivity index (χ1) is 13.0. The molecular formula is C20H26FN5O. The number of hydrogen-bond donors (Lipinski definition) is 1. The number of anilines is 2. The number of rotatable bonds is 6. The molecule has 1 N–H and O–H groups in total. The molecule has 27 heavy (non-hydrogen) atoms. The van der Waals surface area contributed by atoms with Gasteiger partial charge in [0.25, 0.3) is 5.91 Å². The number of nitrogens with zero attached hydrogens (tertiary/aromatic N) is 4. The lowest BCUT2D eigenvalue weighted by atomic mass is 10.2. The minimum Gasteiger partial charge on any atom is -0.383 e. The molecule has 1 saturated heterocycles. The molecule has 1 aliphatic heterocycles. The van der Waals surface area contributed by atoms with Gasteiger partial charge in [-0.15, -0.1) is 0 Å². The third-order valence-electron chi connectivity index (χ3n) is 4.63. The summed E-state index contributed by atoms with van der Waals surface area (Å²) in [6.45, 7) is 4.46. The Bertz CT molecular complexity index is 740. The molecule has 0 aliphatic carbocycles. The SMILES string of the molecule is CN(C)CCNc1ccc(C(=O)N2CCN(c3ccc(F)cc3)CC2)nc1. The average Bonchev–Trinajstić information content (AvgIpc) is 2.68. The third-order valence-corrected chi connectivity index (χ3v) is 4.63. The Morgan fingerprint density at radius 1 is 1.11 bits per heavy atom. The zero-order valence-corrected chi connectivity index (χ0v) is 15.9. The summed E-state index contributed by atoms with van der Waals surface area (Å²) in [5.74, 6) is -0.285. The van der Waals surface area contributed by atoms with E-state index in [1.807, 2.05) is 25.1 Å². The molecule has 6 nitrogen and oxygen atoms in total. The van der Waals surface area contributed by atoms with Gasteiger partial charge in [0.2, 0.25) is 0 Å². The zero-order valence-electron chi connectivity index (χ0n) is 15.9. The Morgan fingerprint density at radius 3 is 2.41 bits per heavy atom. The van der Waals surface area contributed by atoms with Gasteiger partial charge in [0.1, 0.15) is 11.5 Å². The van der Waals surface area contributed by atoms with Crippen molar-refractivity contribution in [3.8, 4) is 0 Å². The van der Waals surface area contributed by atoms with Gasteiger partial charge in [-0.2, -0.15) is 0 Å². The number of aromatic nitrogens is 1. The lowest BCUT2D eigenvalue weighted by molar-refractivity contribution is 0.0741. The van der Waals surface area contributed by atoms with E-state index in [4.69, 9.17) is 0 Å². The fourth-order valence-electron chi connectivity index (χ4n) is 3.03. The van der Waals surface area contributed by atoms with Crippen LogP contribution in [0.25, 0.3) is 0 Å². The van der Waals surface area contributed by atoms with Crippen molar-refractivity contribution < 1.29 is 9.18 Å². The first kappa shape index (κ1) is 19.1. The molecule has 1 aliphatic rings. The van der Waals surface area contributed by atoms with Crippen molar-refractivity contribution in [2.75, 3.05) is 63.6 Å². The van der Waals surface area contributed by atoms with Crippen molar-refractivity contribution in [2.24, 2.45) is 0 Å². The quantitative estimate of drug-likeness (QED) is 0.843. The van der Waals surface area contributed by atoms with Gasteiger partial charge in [0.05, 0.1) is 11.9 Å². The number of amides is 1. The average molecular weight is 371 g/mol. The number of piperazine rings is 1. The minimum absolute atomic E-state index is 0.0476. The lowest BCUT2D eigenvalue weighted by Gasteiger charge is -2.36. The molecule has 0 atom stereocenters. The number of pyridine rings is 1. The highest BCUT2D eigenvalue weighted by Crippen LogP contribution is 2.18. The molecule has 144 valence electrons. The van der Waals surface area contributed by atoms with Crippen LogP contribution in [0, 0.1) is 5.82 Å². The molecule has 3 rings (SSSR count). The highest BCUT2D eigenvalue weighted by molar-refractivity contribution is 5.92. The first-order valence-corrected chi connectivity index (χ1v) is 9.17. The molecule has 1 aromatic heterocycles. The Balaban J connectivity index is 1.52. The predicted molar refractivity (Wildman–Crippen MR) is 106 cm³/mol. The summed E-state index contributed by atoms with van der Waals surface area (Å²) >= 11 is 0. The van der Waals surface area contributed by atoms with E-state index >= 15 is 0 Å². The highest BCUT2D eigenvalue weighted by Gasteiger charge is 2.23. The van der Waals surface area contributed by atoms with Crippen molar-refractivity contribution >= 4 is 17.3 Å². The molecule has 0 bridgehead atoms. The van der Waals surface area contributed by atoms with Gasteiger partial charge in [-0.05, 0) is 50.5 Å². The normalized spacial score (nSPS) is 14.5. The van der Waals surface area contributed by atoms with Crippen LogP contribution in [0.5, 0.6) is 0 Å². The van der Waals surface area contributed by atoms with Crippen LogP contribution in [0.2, 0.25) is 0 Å². The number of likely N-dealkylation sites (N-methyl/N-ethyl adjacent to an activating group) is 1. The Hall–Kier alpha value is -2.67. The van der Waals surface area contributed by atoms with E-state index in [2.05, 4.69) is 20.1 Å². The van der Waals surface area contributed by atoms with Crippen molar-refractivity contribution in [3.05, 3.63) is 54.1 Å². The van der Waals surface area contributed by atoms with E-state index < -0.39 is 0 Å². The summed E-state index contributed by atoms with van der Waals surface area (Å²) in [4.78, 5) is 23.1. The molecule has 2 aromatic rings. The van der Waals surface area contributed by atoms with Crippen molar-refractivity contribution in [1.29, 1.82) is 0 Å². The van der Waals surface area contributed by atoms with Crippen molar-refractivity contribution in [2.45, 2.75) is 0 Å². The highest BCUT2D eigenvalue weighted by atomic mass is 19.1. The lowest BCUT2D eigenvalue weighted by Crippen LogP contribution is -2.49. The summed E-state index contributed by atoms with van der Waals surface area (Å²) < 4.78 is 13.1. The number of carbonyl (C=O) groups is 1. The van der Waals surface area contributed by atoms with Crippen LogP contribution in [0.15, 0.2) is 42.6 Å². The van der Waals surface area contributed by atoms with Crippen LogP contribution < -0.4 is 10.2 Å². The van der Waals surface area contributed by atoms with Gasteiger partial charge >= 0.3 is 0 Å². The largest absolute Gasteiger partial charge is 0.383 e. The fraction of sp³-hybridized carbons (Fsp3) is 0.400. The standard InChI is InChI=1S/C20H26FN5O/c1-24(2)10-9-22-17-5-8-19(23-15-17)20(27)26-13-11-25(12-14-26)18-6-3-16(21)4-7-18/h3-8,15,22H,9-14H2,1-2H3. The van der Waals surface area contributed by atoms with Crippen LogP contribution in [0.3, 0.4) is 0 Å². The molecule has 0 unspecified atom stereocenters. The molecule has 2 heterocycles. The van der Waals surface area contributed by atoms with Crippen LogP contribution in [0.4, 0.5) is 15.8 Å². The third kappa shape index (κ3) is 5.17. The number of hydrogen-bond acceptors (Lipinski definition) is 5. The molecule has 7 heteroatoms. The maximum atomic E-state index is 13.1. The van der Waals surface area contributed by atoms with Gasteiger partial charge in [0, 0.05) is 45.0 Å². The summed E-state index contributed by atoms with van der Waals surface area (Å²) in [5, 5.41) is 3.29. The summed E-state index contributed by atoms with van der Waals surface area (Å²) in [7, 11) is 4.05. The smallest absolute Gasteiger partial charge is 0.272 e. The predicted octanol–water partition coefficient (Wildman–Crippen LogP) is 2.16. The van der Waals surface area contributed by atoms with E-state index in [-0.39, 0.29) is 11.7 Å². The Kier molecular flexibility index (Phi) is 6.24. The topological polar surface area (TPSA) is 51.7 Å². The van der Waals surface area contributed by atoms with E-state index in [1.54, 1.807) is 24.4 Å². The van der Waals surface area contributed by atoms with Crippen LogP contribution >= 0.6 is 0 Å². The zero-order chi connectivity index (χ0) is 19.2. The summed E-state index contributed by atoms with van der Waals surface area (Å²) in [6.07, 6.45) is 1.71. The van der Waals surface area contributed by atoms with Gasteiger partial charge in [-0.1, -0.05) is 0 Å². The summed E-state index contributed by atoms with van der Waals surface area (Å²) in [6, 6.07) is 10.1. The second-order valence-electron chi connectivity index (χ2n) is 6.92. The van der Waals surface area contributed by atoms with E-state index in [0.29, 0.717) is 18.8 Å². The molecular weight excluding hydrogens is 345 g/mol. The van der Waals surface area contributed by atoms with Crippen LogP contribution in [-0.2, 0) is 0 Å². The van der Waals surface area contributed by atoms with E-state index in [0.717, 1.165) is 37.6 Å². The van der Waals surface area contributed by atoms with Crippen LogP contribution in [0.1, 0.15) is 10.5 Å². The molecule has 1 fully saturated rings. The van der Waals surface area contributed by atoms with Gasteiger partial charge in [0.15, 0.2) is 0 Å². The van der Waals surface area contributed by atoms with Gasteiger partial charge in [-0.25, -0.2) is 9.37 Å². The maximum absolute atomic E-state index is 13.1. The van der Waals surface area contributed by atoms with Gasteiger partial charge < -0.3 is 20.0 Å². The van der Waals surface area contributed by atoms with E-state index in [1.165, 1.54) is 12.1 Å². The Morgan fingerprint density at radius 2 is 1.81 bits per heavy atom.